The van der Waals surface area contributed by atoms with Gasteiger partial charge in [0.15, 0.2) is 11.4 Å². The Balaban J connectivity index is 0.000000153. The number of likely N-dealkylation sites (tertiary alicyclic amines) is 2. The van der Waals surface area contributed by atoms with E-state index in [1.807, 2.05) is 87.6 Å². The maximum absolute atomic E-state index is 13.0. The van der Waals surface area contributed by atoms with Gasteiger partial charge in [0.05, 0.1) is 36.9 Å². The molecule has 0 saturated carbocycles. The number of pyridine rings is 2. The molecular formula is C40H48B3ClN10O5S2. The van der Waals surface area contributed by atoms with E-state index in [-0.39, 0.29) is 45.3 Å². The first-order chi connectivity index (χ1) is 29.4. The van der Waals surface area contributed by atoms with Crippen molar-refractivity contribution in [1.82, 2.24) is 39.7 Å². The number of hydrogen-bond acceptors (Lipinski definition) is 15. The molecule has 0 radical (unpaired) electrons. The monoisotopic (exact) mass is 880 g/mol. The van der Waals surface area contributed by atoms with Crippen molar-refractivity contribution in [3.63, 3.8) is 0 Å². The van der Waals surface area contributed by atoms with Crippen molar-refractivity contribution in [2.45, 2.75) is 79.0 Å². The Bertz CT molecular complexity index is 2250. The summed E-state index contributed by atoms with van der Waals surface area (Å²) in [4.78, 5) is 57.4. The summed E-state index contributed by atoms with van der Waals surface area (Å²) < 4.78 is 17.6. The summed E-state index contributed by atoms with van der Waals surface area (Å²) in [7, 11) is -0.406. The highest BCUT2D eigenvalue weighted by Crippen LogP contribution is 2.33. The molecule has 15 nitrogen and oxygen atoms in total. The van der Waals surface area contributed by atoms with Gasteiger partial charge in [0.25, 0.3) is 11.8 Å². The summed E-state index contributed by atoms with van der Waals surface area (Å²) in [5.74, 6) is 0.861. The quantitative estimate of drug-likeness (QED) is 0.140. The second-order valence-electron chi connectivity index (χ2n) is 15.0. The van der Waals surface area contributed by atoms with E-state index in [0.717, 1.165) is 82.8 Å². The molecule has 21 heteroatoms. The number of halogens is 1. The fourth-order valence-electron chi connectivity index (χ4n) is 7.23. The van der Waals surface area contributed by atoms with Crippen molar-refractivity contribution in [3.05, 3.63) is 92.9 Å². The van der Waals surface area contributed by atoms with Gasteiger partial charge in [0, 0.05) is 55.8 Å². The molecule has 0 spiro atoms. The molecule has 3 aliphatic heterocycles. The van der Waals surface area contributed by atoms with E-state index < -0.39 is 0 Å². The molecular weight excluding hydrogens is 833 g/mol. The van der Waals surface area contributed by atoms with Crippen molar-refractivity contribution in [2.75, 3.05) is 36.8 Å². The molecule has 61 heavy (non-hydrogen) atoms. The van der Waals surface area contributed by atoms with Gasteiger partial charge in [0.1, 0.15) is 0 Å². The molecule has 2 N–H and O–H groups in total. The van der Waals surface area contributed by atoms with Crippen molar-refractivity contribution in [2.24, 2.45) is 0 Å². The first-order valence-electron chi connectivity index (χ1n) is 20.5. The molecule has 9 heterocycles. The number of amides is 2. The van der Waals surface area contributed by atoms with E-state index in [2.05, 4.69) is 40.5 Å². The molecule has 6 aromatic rings. The summed E-state index contributed by atoms with van der Waals surface area (Å²) in [6.45, 7) is 14.8. The van der Waals surface area contributed by atoms with Crippen molar-refractivity contribution in [1.29, 1.82) is 0 Å². The maximum Gasteiger partial charge on any atom is 0.426 e. The van der Waals surface area contributed by atoms with Gasteiger partial charge in [0.2, 0.25) is 11.9 Å². The lowest BCUT2D eigenvalue weighted by molar-refractivity contribution is 0.0782. The number of fused-ring (bicyclic) bond motifs is 2. The largest absolute Gasteiger partial charge is 0.453 e. The number of aryl methyl sites for hydroxylation is 1. The van der Waals surface area contributed by atoms with Crippen LogP contribution in [0.4, 0.5) is 11.9 Å². The minimum absolute atomic E-state index is 0.00405. The Hall–Kier alpha value is -4.72. The van der Waals surface area contributed by atoms with Crippen LogP contribution < -0.4 is 10.6 Å². The van der Waals surface area contributed by atoms with Crippen molar-refractivity contribution < 1.29 is 23.3 Å². The van der Waals surface area contributed by atoms with Crippen molar-refractivity contribution >= 4 is 99.8 Å². The fraction of sp³-hybridized carbons (Fsp3) is 0.400. The van der Waals surface area contributed by atoms with Gasteiger partial charge in [-0.25, -0.2) is 19.9 Å². The zero-order chi connectivity index (χ0) is 43.0. The van der Waals surface area contributed by atoms with E-state index in [1.54, 1.807) is 36.0 Å². The third-order valence-electron chi connectivity index (χ3n) is 10.2. The van der Waals surface area contributed by atoms with E-state index in [0.29, 0.717) is 33.1 Å². The number of nitrogens with one attached hydrogen (secondary N) is 2. The van der Waals surface area contributed by atoms with Gasteiger partial charge in [-0.15, -0.1) is 22.7 Å². The summed E-state index contributed by atoms with van der Waals surface area (Å²) in [5.41, 5.74) is 4.52. The Morgan fingerprint density at radius 2 is 1.11 bits per heavy atom. The Morgan fingerprint density at radius 3 is 1.54 bits per heavy atom. The number of hydrogen-bond donors (Lipinski definition) is 2. The van der Waals surface area contributed by atoms with Crippen LogP contribution in [0.15, 0.2) is 61.2 Å². The normalized spacial score (nSPS) is 16.2. The van der Waals surface area contributed by atoms with Gasteiger partial charge in [-0.1, -0.05) is 23.7 Å². The molecule has 3 saturated heterocycles. The lowest BCUT2D eigenvalue weighted by Crippen LogP contribution is -2.44. The third kappa shape index (κ3) is 11.4. The minimum atomic E-state index is -0.135. The zero-order valence-electron chi connectivity index (χ0n) is 35.1. The molecule has 3 fully saturated rings. The summed E-state index contributed by atoms with van der Waals surface area (Å²) in [6.07, 6.45) is 11.3. The van der Waals surface area contributed by atoms with Crippen LogP contribution in [0.1, 0.15) is 88.6 Å². The van der Waals surface area contributed by atoms with Gasteiger partial charge >= 0.3 is 21.4 Å². The molecule has 316 valence electrons. The van der Waals surface area contributed by atoms with Crippen LogP contribution >= 0.6 is 34.3 Å². The SMILES string of the molecule is CB1OB(C)OB(C)O1.C[C@H](Nc1nc(C(=O)N2CCCC2)c2sc(Cl)cc2n1)c1cccnc1.Cc1cc2nc(N[C@@H](C)c3cccnc3)nc(C(=O)N3CCCC3)c2s1. The molecule has 0 unspecified atom stereocenters. The van der Waals surface area contributed by atoms with E-state index in [4.69, 9.17) is 25.3 Å². The Morgan fingerprint density at radius 1 is 0.689 bits per heavy atom. The fourth-order valence-corrected chi connectivity index (χ4v) is 9.30. The second-order valence-corrected chi connectivity index (χ2v) is 18.0. The summed E-state index contributed by atoms with van der Waals surface area (Å²) >= 11 is 9.10. The number of rotatable bonds is 8. The molecule has 0 bridgehead atoms. The highest BCUT2D eigenvalue weighted by Gasteiger charge is 2.32. The highest BCUT2D eigenvalue weighted by molar-refractivity contribution is 7.23. The van der Waals surface area contributed by atoms with Gasteiger partial charge in [-0.05, 0) is 102 Å². The first-order valence-corrected chi connectivity index (χ1v) is 22.6. The number of aromatic nitrogens is 6. The van der Waals surface area contributed by atoms with Gasteiger partial charge in [-0.2, -0.15) is 0 Å². The number of nitrogens with zero attached hydrogens (tertiary/aromatic N) is 8. The maximum atomic E-state index is 13.0. The molecule has 6 aromatic heterocycles. The minimum Gasteiger partial charge on any atom is -0.453 e. The van der Waals surface area contributed by atoms with Crippen LogP contribution in [0.25, 0.3) is 20.4 Å². The summed E-state index contributed by atoms with van der Waals surface area (Å²) in [5, 5.41) is 6.59. The second kappa shape index (κ2) is 20.4. The van der Waals surface area contributed by atoms with Crippen LogP contribution in [-0.2, 0) is 13.7 Å². The first kappa shape index (κ1) is 44.3. The van der Waals surface area contributed by atoms with Gasteiger partial charge in [-0.3, -0.25) is 19.6 Å². The molecule has 0 aliphatic carbocycles. The van der Waals surface area contributed by atoms with Gasteiger partial charge < -0.3 is 34.1 Å². The highest BCUT2D eigenvalue weighted by atomic mass is 35.5. The van der Waals surface area contributed by atoms with Crippen LogP contribution in [0.3, 0.4) is 0 Å². The number of carbonyl (C=O) groups is 2. The average molecular weight is 881 g/mol. The van der Waals surface area contributed by atoms with Crippen LogP contribution in [0.5, 0.6) is 0 Å². The lowest BCUT2D eigenvalue weighted by atomic mass is 9.74. The summed E-state index contributed by atoms with van der Waals surface area (Å²) in [6, 6.07) is 11.5. The smallest absolute Gasteiger partial charge is 0.426 e. The van der Waals surface area contributed by atoms with Crippen LogP contribution in [-0.4, -0.2) is 99.1 Å². The molecule has 0 aromatic carbocycles. The molecule has 3 aliphatic rings. The van der Waals surface area contributed by atoms with Crippen molar-refractivity contribution in [3.8, 4) is 0 Å². The zero-order valence-corrected chi connectivity index (χ0v) is 37.5. The lowest BCUT2D eigenvalue weighted by Gasteiger charge is -2.25. The molecule has 2 atom stereocenters. The standard InChI is InChI=1S/C19H21N5OS.C18H18ClN5OS.C3H9B3O3/c1-12-10-15-17(26-12)16(18(25)24-8-3-4-9-24)23-19(22-15)21-13(2)14-6-5-7-20-11-14;1-11(12-5-4-6-20-10-12)21-18-22-13-9-14(19)26-16(13)15(23-18)17(25)24-7-2-3-8-24;1-4-7-5(2)9-6(3)8-4/h5-7,10-11,13H,3-4,8-9H2,1-2H3,(H,21,22,23);4-6,9-11H,2-3,7-8H2,1H3,(H,21,22,23);1-3H3/t13-;11-;/m00./s1. The predicted octanol–water partition coefficient (Wildman–Crippen LogP) is 8.36. The Labute approximate surface area is 369 Å². The van der Waals surface area contributed by atoms with E-state index in [9.17, 15) is 9.59 Å². The number of anilines is 2. The van der Waals surface area contributed by atoms with E-state index in [1.165, 1.54) is 11.3 Å². The predicted molar refractivity (Wildman–Crippen MR) is 246 cm³/mol. The molecule has 2 amide bonds. The molecule has 9 rings (SSSR count). The number of carbonyl (C=O) groups excluding carboxylic acids is 2. The average Bonchev–Trinajstić information content (AvgIpc) is 4.08. The van der Waals surface area contributed by atoms with Crippen LogP contribution in [0.2, 0.25) is 24.8 Å². The van der Waals surface area contributed by atoms with E-state index >= 15 is 0 Å². The Kier molecular flexibility index (Phi) is 14.9. The van der Waals surface area contributed by atoms with Crippen LogP contribution in [0, 0.1) is 6.92 Å². The number of thiophene rings is 2. The topological polar surface area (TPSA) is 170 Å². The third-order valence-corrected chi connectivity index (χ3v) is 12.5.